The van der Waals surface area contributed by atoms with Crippen LogP contribution in [0.1, 0.15) is 34.6 Å². The lowest BCUT2D eigenvalue weighted by molar-refractivity contribution is 0.0970. The largest absolute Gasteiger partial charge is 0.368 e. The van der Waals surface area contributed by atoms with Crippen LogP contribution in [-0.2, 0) is 6.42 Å². The Balaban J connectivity index is 1.51. The van der Waals surface area contributed by atoms with Crippen LogP contribution in [0.5, 0.6) is 0 Å². The van der Waals surface area contributed by atoms with Crippen LogP contribution in [0.2, 0.25) is 5.02 Å². The van der Waals surface area contributed by atoms with Crippen molar-refractivity contribution in [1.29, 1.82) is 0 Å². The summed E-state index contributed by atoms with van der Waals surface area (Å²) in [6.07, 6.45) is 2.39. The molecule has 1 saturated heterocycles. The Morgan fingerprint density at radius 1 is 1.04 bits per heavy atom. The zero-order chi connectivity index (χ0) is 17.4. The summed E-state index contributed by atoms with van der Waals surface area (Å²) in [5.41, 5.74) is 3.66. The number of carbonyl (C=O) groups is 1. The normalized spacial score (nSPS) is 17.6. The number of anilines is 2. The van der Waals surface area contributed by atoms with Gasteiger partial charge in [-0.3, -0.25) is 4.79 Å². The molecule has 6 heteroatoms. The Morgan fingerprint density at radius 3 is 2.56 bits per heavy atom. The van der Waals surface area contributed by atoms with Gasteiger partial charge in [0.1, 0.15) is 0 Å². The van der Waals surface area contributed by atoms with E-state index in [0.717, 1.165) is 72.6 Å². The summed E-state index contributed by atoms with van der Waals surface area (Å²) >= 11 is 6.10. The van der Waals surface area contributed by atoms with Crippen molar-refractivity contribution in [2.45, 2.75) is 26.2 Å². The highest BCUT2D eigenvalue weighted by Gasteiger charge is 2.25. The van der Waals surface area contributed by atoms with Crippen molar-refractivity contribution in [3.8, 4) is 0 Å². The van der Waals surface area contributed by atoms with Crippen molar-refractivity contribution < 1.29 is 4.79 Å². The summed E-state index contributed by atoms with van der Waals surface area (Å²) in [6.45, 7) is 5.45. The van der Waals surface area contributed by atoms with Gasteiger partial charge < -0.3 is 9.80 Å². The highest BCUT2D eigenvalue weighted by molar-refractivity contribution is 6.30. The number of piperazine rings is 1. The van der Waals surface area contributed by atoms with E-state index in [9.17, 15) is 4.79 Å². The zero-order valence-electron chi connectivity index (χ0n) is 14.3. The summed E-state index contributed by atoms with van der Waals surface area (Å²) in [7, 11) is 0. The van der Waals surface area contributed by atoms with Crippen LogP contribution in [0, 0.1) is 6.92 Å². The molecule has 130 valence electrons. The molecule has 0 spiro atoms. The second-order valence-corrected chi connectivity index (χ2v) is 7.10. The standard InChI is InChI=1S/C19H21ClN4O/c1-13-18-16(6-3-7-17(18)25)22-19(21-13)24-10-8-23(9-11-24)15-5-2-4-14(20)12-15/h2,4-5,12H,3,6-11H2,1H3. The van der Waals surface area contributed by atoms with Crippen molar-refractivity contribution >= 4 is 29.0 Å². The Bertz CT molecular complexity index is 815. The number of hydrogen-bond donors (Lipinski definition) is 0. The molecule has 1 aliphatic heterocycles. The van der Waals surface area contributed by atoms with E-state index in [1.807, 2.05) is 25.1 Å². The maximum Gasteiger partial charge on any atom is 0.225 e. The Kier molecular flexibility index (Phi) is 4.34. The lowest BCUT2D eigenvalue weighted by Crippen LogP contribution is -2.47. The van der Waals surface area contributed by atoms with Crippen molar-refractivity contribution in [1.82, 2.24) is 9.97 Å². The third-order valence-electron chi connectivity index (χ3n) is 4.99. The smallest absolute Gasteiger partial charge is 0.225 e. The summed E-state index contributed by atoms with van der Waals surface area (Å²) in [4.78, 5) is 26.0. The number of nitrogens with zero attached hydrogens (tertiary/aromatic N) is 4. The van der Waals surface area contributed by atoms with Gasteiger partial charge in [-0.1, -0.05) is 17.7 Å². The maximum atomic E-state index is 12.1. The summed E-state index contributed by atoms with van der Waals surface area (Å²) in [5.74, 6) is 0.952. The van der Waals surface area contributed by atoms with Gasteiger partial charge in [-0.2, -0.15) is 0 Å². The Labute approximate surface area is 152 Å². The van der Waals surface area contributed by atoms with Crippen LogP contribution in [0.3, 0.4) is 0 Å². The highest BCUT2D eigenvalue weighted by atomic mass is 35.5. The molecule has 0 bridgehead atoms. The predicted octanol–water partition coefficient (Wildman–Crippen LogP) is 3.28. The zero-order valence-corrected chi connectivity index (χ0v) is 15.1. The molecule has 0 saturated carbocycles. The second kappa shape index (κ2) is 6.64. The van der Waals surface area contributed by atoms with Crippen LogP contribution in [-0.4, -0.2) is 41.9 Å². The van der Waals surface area contributed by atoms with Crippen molar-refractivity contribution in [2.75, 3.05) is 36.0 Å². The van der Waals surface area contributed by atoms with Gasteiger partial charge in [0.15, 0.2) is 5.78 Å². The molecule has 25 heavy (non-hydrogen) atoms. The minimum absolute atomic E-state index is 0.191. The van der Waals surface area contributed by atoms with Crippen LogP contribution in [0.15, 0.2) is 24.3 Å². The van der Waals surface area contributed by atoms with Crippen molar-refractivity contribution in [3.05, 3.63) is 46.2 Å². The number of rotatable bonds is 2. The van der Waals surface area contributed by atoms with Crippen molar-refractivity contribution in [3.63, 3.8) is 0 Å². The molecular formula is C19H21ClN4O. The average molecular weight is 357 g/mol. The third kappa shape index (κ3) is 3.21. The first-order chi connectivity index (χ1) is 12.1. The first-order valence-corrected chi connectivity index (χ1v) is 9.16. The van der Waals surface area contributed by atoms with E-state index in [1.165, 1.54) is 0 Å². The van der Waals surface area contributed by atoms with Gasteiger partial charge in [0.2, 0.25) is 5.95 Å². The van der Waals surface area contributed by atoms with E-state index in [-0.39, 0.29) is 5.78 Å². The molecule has 2 aromatic rings. The lowest BCUT2D eigenvalue weighted by atomic mass is 9.94. The summed E-state index contributed by atoms with van der Waals surface area (Å²) in [5, 5.41) is 0.762. The number of carbonyl (C=O) groups excluding carboxylic acids is 1. The van der Waals surface area contributed by atoms with E-state index in [0.29, 0.717) is 6.42 Å². The number of aromatic nitrogens is 2. The number of hydrogen-bond acceptors (Lipinski definition) is 5. The van der Waals surface area contributed by atoms with Gasteiger partial charge in [0, 0.05) is 43.3 Å². The first-order valence-electron chi connectivity index (χ1n) is 8.78. The van der Waals surface area contributed by atoms with Gasteiger partial charge >= 0.3 is 0 Å². The van der Waals surface area contributed by atoms with Crippen LogP contribution < -0.4 is 9.80 Å². The molecule has 1 aromatic heterocycles. The molecule has 4 rings (SSSR count). The number of fused-ring (bicyclic) bond motifs is 1. The average Bonchev–Trinajstić information content (AvgIpc) is 2.61. The third-order valence-corrected chi connectivity index (χ3v) is 5.22. The number of Topliss-reactive ketones (excluding diaryl/α,β-unsaturated/α-hetero) is 1. The topological polar surface area (TPSA) is 49.3 Å². The number of halogens is 1. The molecular weight excluding hydrogens is 336 g/mol. The van der Waals surface area contributed by atoms with Crippen molar-refractivity contribution in [2.24, 2.45) is 0 Å². The van der Waals surface area contributed by atoms with Crippen LogP contribution in [0.25, 0.3) is 0 Å². The molecule has 0 radical (unpaired) electrons. The summed E-state index contributed by atoms with van der Waals surface area (Å²) in [6, 6.07) is 7.97. The molecule has 0 unspecified atom stereocenters. The second-order valence-electron chi connectivity index (χ2n) is 6.66. The Morgan fingerprint density at radius 2 is 1.80 bits per heavy atom. The van der Waals surface area contributed by atoms with E-state index in [2.05, 4.69) is 20.9 Å². The van der Waals surface area contributed by atoms with Gasteiger partial charge in [-0.25, -0.2) is 9.97 Å². The molecule has 1 aliphatic carbocycles. The summed E-state index contributed by atoms with van der Waals surface area (Å²) < 4.78 is 0. The van der Waals surface area contributed by atoms with E-state index < -0.39 is 0 Å². The van der Waals surface area contributed by atoms with Crippen LogP contribution in [0.4, 0.5) is 11.6 Å². The van der Waals surface area contributed by atoms with E-state index in [1.54, 1.807) is 0 Å². The molecule has 0 N–H and O–H groups in total. The molecule has 2 heterocycles. The molecule has 2 aliphatic rings. The van der Waals surface area contributed by atoms with E-state index >= 15 is 0 Å². The molecule has 1 fully saturated rings. The fourth-order valence-electron chi connectivity index (χ4n) is 3.68. The maximum absolute atomic E-state index is 12.1. The molecule has 1 aromatic carbocycles. The SMILES string of the molecule is Cc1nc(N2CCN(c3cccc(Cl)c3)CC2)nc2c1C(=O)CCC2. The number of ketones is 1. The quantitative estimate of drug-likeness (QED) is 0.826. The van der Waals surface area contributed by atoms with Gasteiger partial charge in [0.25, 0.3) is 0 Å². The monoisotopic (exact) mass is 356 g/mol. The molecule has 0 amide bonds. The van der Waals surface area contributed by atoms with Crippen LogP contribution >= 0.6 is 11.6 Å². The fourth-order valence-corrected chi connectivity index (χ4v) is 3.86. The minimum atomic E-state index is 0.191. The molecule has 0 atom stereocenters. The number of benzene rings is 1. The van der Waals surface area contributed by atoms with E-state index in [4.69, 9.17) is 16.6 Å². The number of aryl methyl sites for hydroxylation is 2. The van der Waals surface area contributed by atoms with Gasteiger partial charge in [-0.15, -0.1) is 0 Å². The first kappa shape index (κ1) is 16.3. The Hall–Kier alpha value is -2.14. The predicted molar refractivity (Wildman–Crippen MR) is 99.9 cm³/mol. The minimum Gasteiger partial charge on any atom is -0.368 e. The lowest BCUT2D eigenvalue weighted by Gasteiger charge is -2.36. The van der Waals surface area contributed by atoms with Gasteiger partial charge in [-0.05, 0) is 38.0 Å². The highest BCUT2D eigenvalue weighted by Crippen LogP contribution is 2.26. The fraction of sp³-hybridized carbons (Fsp3) is 0.421. The van der Waals surface area contributed by atoms with Gasteiger partial charge in [0.05, 0.1) is 17.0 Å². The molecule has 5 nitrogen and oxygen atoms in total.